The molecule has 0 aliphatic carbocycles. The van der Waals surface area contributed by atoms with Crippen molar-refractivity contribution in [3.05, 3.63) is 28.8 Å². The summed E-state index contributed by atoms with van der Waals surface area (Å²) in [5, 5.41) is 9.95. The SMILES string of the molecule is CCNC(=NCCCOCC1CCOCC1)NCCC(=O)Nc1cccc(Cl)c1C. The number of ether oxygens (including phenoxy) is 2. The average molecular weight is 439 g/mol. The van der Waals surface area contributed by atoms with E-state index in [1.807, 2.05) is 32.0 Å². The zero-order chi connectivity index (χ0) is 21.6. The highest BCUT2D eigenvalue weighted by Crippen LogP contribution is 2.22. The van der Waals surface area contributed by atoms with Crippen molar-refractivity contribution in [1.29, 1.82) is 0 Å². The molecule has 2 rings (SSSR count). The first-order valence-corrected chi connectivity index (χ1v) is 11.2. The number of rotatable bonds is 11. The van der Waals surface area contributed by atoms with Crippen molar-refractivity contribution in [2.75, 3.05) is 51.4 Å². The smallest absolute Gasteiger partial charge is 0.226 e. The second-order valence-corrected chi connectivity index (χ2v) is 7.79. The van der Waals surface area contributed by atoms with Crippen molar-refractivity contribution in [2.45, 2.75) is 39.5 Å². The highest BCUT2D eigenvalue weighted by atomic mass is 35.5. The molecule has 0 saturated carbocycles. The topological polar surface area (TPSA) is 84.0 Å². The Balaban J connectivity index is 1.62. The van der Waals surface area contributed by atoms with E-state index in [-0.39, 0.29) is 5.91 Å². The van der Waals surface area contributed by atoms with Gasteiger partial charge in [-0.1, -0.05) is 17.7 Å². The highest BCUT2D eigenvalue weighted by molar-refractivity contribution is 6.31. The molecule has 1 heterocycles. The van der Waals surface area contributed by atoms with Gasteiger partial charge in [0.25, 0.3) is 0 Å². The Morgan fingerprint density at radius 1 is 1.30 bits per heavy atom. The first kappa shape index (κ1) is 24.4. The fraction of sp³-hybridized carbons (Fsp3) is 0.636. The van der Waals surface area contributed by atoms with Gasteiger partial charge in [-0.3, -0.25) is 9.79 Å². The fourth-order valence-corrected chi connectivity index (χ4v) is 3.29. The first-order valence-electron chi connectivity index (χ1n) is 10.8. The van der Waals surface area contributed by atoms with Gasteiger partial charge in [-0.2, -0.15) is 0 Å². The van der Waals surface area contributed by atoms with Crippen molar-refractivity contribution in [3.8, 4) is 0 Å². The molecular formula is C22H35ClN4O3. The molecule has 30 heavy (non-hydrogen) atoms. The van der Waals surface area contributed by atoms with Crippen LogP contribution in [0.25, 0.3) is 0 Å². The molecule has 0 spiro atoms. The van der Waals surface area contributed by atoms with Crippen LogP contribution in [0.5, 0.6) is 0 Å². The first-order chi connectivity index (χ1) is 14.6. The van der Waals surface area contributed by atoms with Gasteiger partial charge in [-0.15, -0.1) is 0 Å². The van der Waals surface area contributed by atoms with E-state index in [1.165, 1.54) is 0 Å². The molecule has 0 unspecified atom stereocenters. The van der Waals surface area contributed by atoms with Crippen LogP contribution in [0.15, 0.2) is 23.2 Å². The average Bonchev–Trinajstić information content (AvgIpc) is 2.74. The summed E-state index contributed by atoms with van der Waals surface area (Å²) in [5.74, 6) is 1.28. The molecule has 1 aromatic rings. The van der Waals surface area contributed by atoms with E-state index in [0.29, 0.717) is 43.0 Å². The van der Waals surface area contributed by atoms with Gasteiger partial charge < -0.3 is 25.4 Å². The van der Waals surface area contributed by atoms with Gasteiger partial charge in [0, 0.05) is 63.2 Å². The summed E-state index contributed by atoms with van der Waals surface area (Å²) in [6.45, 7) is 9.07. The highest BCUT2D eigenvalue weighted by Gasteiger charge is 2.13. The molecule has 0 aromatic heterocycles. The molecule has 7 nitrogen and oxygen atoms in total. The van der Waals surface area contributed by atoms with Crippen LogP contribution in [0.3, 0.4) is 0 Å². The summed E-state index contributed by atoms with van der Waals surface area (Å²) in [6, 6.07) is 5.48. The van der Waals surface area contributed by atoms with E-state index < -0.39 is 0 Å². The van der Waals surface area contributed by atoms with Gasteiger partial charge >= 0.3 is 0 Å². The maximum Gasteiger partial charge on any atom is 0.226 e. The Labute approximate surface area is 185 Å². The van der Waals surface area contributed by atoms with E-state index in [1.54, 1.807) is 0 Å². The minimum atomic E-state index is -0.0646. The number of nitrogens with one attached hydrogen (secondary N) is 3. The lowest BCUT2D eigenvalue weighted by Crippen LogP contribution is -2.38. The van der Waals surface area contributed by atoms with E-state index in [4.69, 9.17) is 21.1 Å². The molecule has 3 N–H and O–H groups in total. The number of aliphatic imine (C=N–C) groups is 1. The second kappa shape index (κ2) is 14.2. The van der Waals surface area contributed by atoms with Crippen molar-refractivity contribution >= 4 is 29.2 Å². The van der Waals surface area contributed by atoms with Crippen molar-refractivity contribution in [3.63, 3.8) is 0 Å². The molecule has 168 valence electrons. The summed E-state index contributed by atoms with van der Waals surface area (Å²) in [7, 11) is 0. The number of carbonyl (C=O) groups is 1. The number of hydrogen-bond acceptors (Lipinski definition) is 4. The predicted molar refractivity (Wildman–Crippen MR) is 122 cm³/mol. The predicted octanol–water partition coefficient (Wildman–Crippen LogP) is 3.37. The maximum absolute atomic E-state index is 12.2. The summed E-state index contributed by atoms with van der Waals surface area (Å²) in [4.78, 5) is 16.7. The van der Waals surface area contributed by atoms with Gasteiger partial charge in [-0.25, -0.2) is 0 Å². The van der Waals surface area contributed by atoms with Gasteiger partial charge in [-0.05, 0) is 56.7 Å². The minimum Gasteiger partial charge on any atom is -0.381 e. The molecular weight excluding hydrogens is 404 g/mol. The zero-order valence-electron chi connectivity index (χ0n) is 18.1. The Morgan fingerprint density at radius 2 is 2.10 bits per heavy atom. The van der Waals surface area contributed by atoms with Crippen LogP contribution in [-0.2, 0) is 14.3 Å². The molecule has 0 atom stereocenters. The van der Waals surface area contributed by atoms with Crippen LogP contribution in [0.4, 0.5) is 5.69 Å². The molecule has 0 radical (unpaired) electrons. The molecule has 1 fully saturated rings. The van der Waals surface area contributed by atoms with Crippen LogP contribution in [-0.4, -0.2) is 57.9 Å². The molecule has 0 bridgehead atoms. The number of benzene rings is 1. The van der Waals surface area contributed by atoms with Gasteiger partial charge in [0.2, 0.25) is 5.91 Å². The Hall–Kier alpha value is -1.83. The molecule has 1 amide bonds. The van der Waals surface area contributed by atoms with Crippen molar-refractivity contribution in [1.82, 2.24) is 10.6 Å². The molecule has 8 heteroatoms. The number of hydrogen-bond donors (Lipinski definition) is 3. The van der Waals surface area contributed by atoms with Crippen LogP contribution < -0.4 is 16.0 Å². The fourth-order valence-electron chi connectivity index (χ4n) is 3.11. The zero-order valence-corrected chi connectivity index (χ0v) is 18.9. The minimum absolute atomic E-state index is 0.0646. The number of nitrogens with zero attached hydrogens (tertiary/aromatic N) is 1. The van der Waals surface area contributed by atoms with Crippen LogP contribution in [0.2, 0.25) is 5.02 Å². The monoisotopic (exact) mass is 438 g/mol. The van der Waals surface area contributed by atoms with E-state index in [9.17, 15) is 4.79 Å². The van der Waals surface area contributed by atoms with Crippen LogP contribution in [0.1, 0.15) is 38.2 Å². The third-order valence-corrected chi connectivity index (χ3v) is 5.35. The second-order valence-electron chi connectivity index (χ2n) is 7.38. The summed E-state index contributed by atoms with van der Waals surface area (Å²) < 4.78 is 11.1. The van der Waals surface area contributed by atoms with Gasteiger partial charge in [0.15, 0.2) is 5.96 Å². The summed E-state index contributed by atoms with van der Waals surface area (Å²) in [5.41, 5.74) is 1.61. The molecule has 1 aromatic carbocycles. The number of carbonyl (C=O) groups excluding carboxylic acids is 1. The Kier molecular flexibility index (Phi) is 11.6. The molecule has 1 aliphatic rings. The maximum atomic E-state index is 12.2. The van der Waals surface area contributed by atoms with Crippen LogP contribution >= 0.6 is 11.6 Å². The molecule has 1 aliphatic heterocycles. The number of halogens is 1. The van der Waals surface area contributed by atoms with E-state index in [2.05, 4.69) is 20.9 Å². The van der Waals surface area contributed by atoms with Gasteiger partial charge in [0.1, 0.15) is 0 Å². The van der Waals surface area contributed by atoms with E-state index >= 15 is 0 Å². The third kappa shape index (κ3) is 9.32. The van der Waals surface area contributed by atoms with Crippen LogP contribution in [0, 0.1) is 12.8 Å². The normalized spacial score (nSPS) is 15.1. The standard InChI is InChI=1S/C22H35ClN4O3/c1-3-24-22(25-11-5-13-30-16-18-9-14-29-15-10-18)26-12-8-21(28)27-20-7-4-6-19(23)17(20)2/h4,6-7,18H,3,5,8-16H2,1-2H3,(H,27,28)(H2,24,25,26). The summed E-state index contributed by atoms with van der Waals surface area (Å²) >= 11 is 6.10. The largest absolute Gasteiger partial charge is 0.381 e. The quantitative estimate of drug-likeness (QED) is 0.280. The molecule has 1 saturated heterocycles. The van der Waals surface area contributed by atoms with Crippen molar-refractivity contribution in [2.24, 2.45) is 10.9 Å². The Morgan fingerprint density at radius 3 is 2.87 bits per heavy atom. The lowest BCUT2D eigenvalue weighted by molar-refractivity contribution is -0.116. The van der Waals surface area contributed by atoms with Gasteiger partial charge in [0.05, 0.1) is 0 Å². The third-order valence-electron chi connectivity index (χ3n) is 4.94. The van der Waals surface area contributed by atoms with Crippen molar-refractivity contribution < 1.29 is 14.3 Å². The number of anilines is 1. The number of amides is 1. The lowest BCUT2D eigenvalue weighted by atomic mass is 10.0. The summed E-state index contributed by atoms with van der Waals surface area (Å²) in [6.07, 6.45) is 3.40. The lowest BCUT2D eigenvalue weighted by Gasteiger charge is -2.21. The Bertz CT molecular complexity index is 678. The van der Waals surface area contributed by atoms with E-state index in [0.717, 1.165) is 56.9 Å². The number of guanidine groups is 1.